The average molecular weight is 438 g/mol. The van der Waals surface area contributed by atoms with Gasteiger partial charge in [0.15, 0.2) is 0 Å². The number of aliphatic hydroxyl groups is 3. The van der Waals surface area contributed by atoms with Gasteiger partial charge in [-0.05, 0) is 35.7 Å². The Morgan fingerprint density at radius 3 is 2.32 bits per heavy atom. The number of ether oxygens (including phenoxy) is 2. The van der Waals surface area contributed by atoms with Crippen molar-refractivity contribution in [2.45, 2.75) is 37.5 Å². The third-order valence-electron chi connectivity index (χ3n) is 5.50. The van der Waals surface area contributed by atoms with E-state index < -0.39 is 36.5 Å². The van der Waals surface area contributed by atoms with E-state index in [4.69, 9.17) is 4.74 Å². The first-order valence-electron chi connectivity index (χ1n) is 9.90. The second kappa shape index (κ2) is 9.72. The predicted molar refractivity (Wildman–Crippen MR) is 108 cm³/mol. The molecule has 31 heavy (non-hydrogen) atoms. The molecule has 0 aromatic heterocycles. The van der Waals surface area contributed by atoms with E-state index in [1.165, 1.54) is 18.2 Å². The minimum absolute atomic E-state index is 0.282. The van der Waals surface area contributed by atoms with E-state index in [9.17, 15) is 28.5 Å². The maximum atomic E-state index is 12.3. The van der Waals surface area contributed by atoms with Crippen molar-refractivity contribution in [1.29, 1.82) is 0 Å². The van der Waals surface area contributed by atoms with Gasteiger partial charge in [-0.2, -0.15) is 0 Å². The molecule has 0 bridgehead atoms. The van der Waals surface area contributed by atoms with Crippen LogP contribution < -0.4 is 9.47 Å². The molecule has 0 radical (unpaired) electrons. The first kappa shape index (κ1) is 23.1. The molecule has 1 aliphatic carbocycles. The fourth-order valence-corrected chi connectivity index (χ4v) is 3.88. The summed E-state index contributed by atoms with van der Waals surface area (Å²) >= 11 is 0. The van der Waals surface area contributed by atoms with E-state index >= 15 is 0 Å². The van der Waals surface area contributed by atoms with Gasteiger partial charge in [0, 0.05) is 24.9 Å². The Kier molecular flexibility index (Phi) is 7.25. The van der Waals surface area contributed by atoms with Crippen LogP contribution in [-0.4, -0.2) is 46.6 Å². The predicted octanol–water partition coefficient (Wildman–Crippen LogP) is 3.46. The van der Waals surface area contributed by atoms with Crippen molar-refractivity contribution in [1.82, 2.24) is 0 Å². The van der Waals surface area contributed by atoms with E-state index in [2.05, 4.69) is 11.3 Å². The molecule has 8 heteroatoms. The van der Waals surface area contributed by atoms with E-state index in [1.807, 2.05) is 12.1 Å². The molecular weight excluding hydrogens is 413 g/mol. The Bertz CT molecular complexity index is 868. The standard InChI is InChI=1S/C23H25F3O5/c1-2-18-20(12-16(13-27)21(28)22(18)29)30-19-6-4-3-5-15(19)11-14-7-9-17(10-8-14)31-23(24,25)26/h2-10,16,18,20-22,27-29H,1,11-13H2/t16-,18?,20-,21-,22-/m1/s1. The summed E-state index contributed by atoms with van der Waals surface area (Å²) in [6.45, 7) is 3.45. The number of halogens is 3. The Morgan fingerprint density at radius 1 is 1.03 bits per heavy atom. The summed E-state index contributed by atoms with van der Waals surface area (Å²) in [6, 6.07) is 12.8. The van der Waals surface area contributed by atoms with Crippen LogP contribution in [0.4, 0.5) is 13.2 Å². The molecule has 3 N–H and O–H groups in total. The van der Waals surface area contributed by atoms with Crippen molar-refractivity contribution < 1.29 is 38.0 Å². The summed E-state index contributed by atoms with van der Waals surface area (Å²) in [6.07, 6.45) is -5.15. The lowest BCUT2D eigenvalue weighted by Gasteiger charge is -2.41. The molecule has 2 aromatic rings. The number of hydrogen-bond acceptors (Lipinski definition) is 5. The molecule has 168 valence electrons. The van der Waals surface area contributed by atoms with Gasteiger partial charge in [0.2, 0.25) is 0 Å². The van der Waals surface area contributed by atoms with Crippen molar-refractivity contribution in [3.63, 3.8) is 0 Å². The van der Waals surface area contributed by atoms with Crippen molar-refractivity contribution in [3.8, 4) is 11.5 Å². The number of benzene rings is 2. The van der Waals surface area contributed by atoms with Crippen molar-refractivity contribution in [2.24, 2.45) is 11.8 Å². The van der Waals surface area contributed by atoms with Gasteiger partial charge in [0.1, 0.15) is 17.6 Å². The Morgan fingerprint density at radius 2 is 1.71 bits per heavy atom. The number of alkyl halides is 3. The van der Waals surface area contributed by atoms with E-state index in [1.54, 1.807) is 24.3 Å². The molecule has 0 saturated heterocycles. The molecule has 5 atom stereocenters. The van der Waals surface area contributed by atoms with Crippen LogP contribution in [-0.2, 0) is 6.42 Å². The number of para-hydroxylation sites is 1. The molecule has 1 fully saturated rings. The first-order valence-corrected chi connectivity index (χ1v) is 9.90. The minimum Gasteiger partial charge on any atom is -0.489 e. The molecule has 1 saturated carbocycles. The summed E-state index contributed by atoms with van der Waals surface area (Å²) in [7, 11) is 0. The van der Waals surface area contributed by atoms with Crippen molar-refractivity contribution in [3.05, 3.63) is 72.3 Å². The molecule has 5 nitrogen and oxygen atoms in total. The van der Waals surface area contributed by atoms with E-state index in [0.717, 1.165) is 11.1 Å². The Hall–Kier alpha value is -2.55. The fourth-order valence-electron chi connectivity index (χ4n) is 3.88. The van der Waals surface area contributed by atoms with Crippen molar-refractivity contribution >= 4 is 0 Å². The second-order valence-electron chi connectivity index (χ2n) is 7.61. The minimum atomic E-state index is -4.74. The zero-order chi connectivity index (χ0) is 22.6. The van der Waals surface area contributed by atoms with Crippen LogP contribution in [0.25, 0.3) is 0 Å². The smallest absolute Gasteiger partial charge is 0.489 e. The van der Waals surface area contributed by atoms with Crippen LogP contribution in [0.2, 0.25) is 0 Å². The average Bonchev–Trinajstić information content (AvgIpc) is 2.72. The summed E-state index contributed by atoms with van der Waals surface area (Å²) in [5.74, 6) is -0.788. The largest absolute Gasteiger partial charge is 0.573 e. The highest BCUT2D eigenvalue weighted by atomic mass is 19.4. The van der Waals surface area contributed by atoms with Gasteiger partial charge in [0.25, 0.3) is 0 Å². The highest BCUT2D eigenvalue weighted by molar-refractivity contribution is 5.39. The highest BCUT2D eigenvalue weighted by Gasteiger charge is 2.43. The normalized spacial score (nSPS) is 26.3. The molecule has 0 spiro atoms. The summed E-state index contributed by atoms with van der Waals surface area (Å²) in [5, 5.41) is 30.1. The van der Waals surface area contributed by atoms with Gasteiger partial charge in [-0.15, -0.1) is 19.8 Å². The summed E-state index contributed by atoms with van der Waals surface area (Å²) in [4.78, 5) is 0. The molecular formula is C23H25F3O5. The lowest BCUT2D eigenvalue weighted by atomic mass is 9.76. The van der Waals surface area contributed by atoms with Gasteiger partial charge in [-0.25, -0.2) is 0 Å². The van der Waals surface area contributed by atoms with Crippen LogP contribution in [0, 0.1) is 11.8 Å². The van der Waals surface area contributed by atoms with Crippen molar-refractivity contribution in [2.75, 3.05) is 6.61 Å². The van der Waals surface area contributed by atoms with Crippen LogP contribution in [0.15, 0.2) is 61.2 Å². The number of hydrogen-bond donors (Lipinski definition) is 3. The SMILES string of the molecule is C=CC1[C@@H](O)[C@H](O)[C@@H](CO)C[C@H]1Oc1ccccc1Cc1ccc(OC(F)(F)F)cc1. The molecule has 2 aromatic carbocycles. The maximum Gasteiger partial charge on any atom is 0.573 e. The lowest BCUT2D eigenvalue weighted by molar-refractivity contribution is -0.274. The summed E-state index contributed by atoms with van der Waals surface area (Å²) < 4.78 is 47.1. The Balaban J connectivity index is 1.76. The van der Waals surface area contributed by atoms with Gasteiger partial charge in [-0.3, -0.25) is 0 Å². The maximum absolute atomic E-state index is 12.3. The van der Waals surface area contributed by atoms with Gasteiger partial charge in [0.05, 0.1) is 12.2 Å². The van der Waals surface area contributed by atoms with Crippen LogP contribution in [0.3, 0.4) is 0 Å². The monoisotopic (exact) mass is 438 g/mol. The number of aliphatic hydroxyl groups excluding tert-OH is 3. The molecule has 1 aliphatic rings. The van der Waals surface area contributed by atoms with Crippen LogP contribution in [0.1, 0.15) is 17.5 Å². The fraction of sp³-hybridized carbons (Fsp3) is 0.391. The molecule has 0 amide bonds. The zero-order valence-corrected chi connectivity index (χ0v) is 16.7. The number of rotatable bonds is 7. The van der Waals surface area contributed by atoms with Gasteiger partial charge >= 0.3 is 6.36 Å². The molecule has 0 aliphatic heterocycles. The molecule has 3 rings (SSSR count). The topological polar surface area (TPSA) is 79.2 Å². The third kappa shape index (κ3) is 5.78. The second-order valence-corrected chi connectivity index (χ2v) is 7.61. The lowest BCUT2D eigenvalue weighted by Crippen LogP contribution is -2.52. The van der Waals surface area contributed by atoms with Gasteiger partial charge < -0.3 is 24.8 Å². The Labute approximate surface area is 178 Å². The first-order chi connectivity index (χ1) is 14.7. The van der Waals surface area contributed by atoms with Crippen LogP contribution >= 0.6 is 0 Å². The van der Waals surface area contributed by atoms with Crippen LogP contribution in [0.5, 0.6) is 11.5 Å². The third-order valence-corrected chi connectivity index (χ3v) is 5.50. The quantitative estimate of drug-likeness (QED) is 0.577. The summed E-state index contributed by atoms with van der Waals surface area (Å²) in [5.41, 5.74) is 1.56. The molecule has 1 unspecified atom stereocenters. The van der Waals surface area contributed by atoms with Gasteiger partial charge in [-0.1, -0.05) is 36.4 Å². The molecule has 0 heterocycles. The zero-order valence-electron chi connectivity index (χ0n) is 16.7. The highest BCUT2D eigenvalue weighted by Crippen LogP contribution is 2.35. The van der Waals surface area contributed by atoms with E-state index in [-0.39, 0.29) is 12.4 Å². The van der Waals surface area contributed by atoms with E-state index in [0.29, 0.717) is 18.6 Å².